The van der Waals surface area contributed by atoms with Gasteiger partial charge < -0.3 is 14.5 Å². The van der Waals surface area contributed by atoms with E-state index in [4.69, 9.17) is 4.74 Å². The maximum atomic E-state index is 11.8. The van der Waals surface area contributed by atoms with Crippen LogP contribution in [0.5, 0.6) is 5.75 Å². The quantitative estimate of drug-likeness (QED) is 0.914. The van der Waals surface area contributed by atoms with Gasteiger partial charge in [0.05, 0.1) is 12.2 Å². The van der Waals surface area contributed by atoms with E-state index >= 15 is 0 Å². The van der Waals surface area contributed by atoms with Gasteiger partial charge >= 0.3 is 5.63 Å². The predicted molar refractivity (Wildman–Crippen MR) is 70.5 cm³/mol. The van der Waals surface area contributed by atoms with Crippen molar-refractivity contribution in [2.24, 2.45) is 0 Å². The SMILES string of the molecule is CCOc1ccc(NC(=O)c2ccc(=O)oc2)cc1. The highest BCUT2D eigenvalue weighted by Gasteiger charge is 2.06. The molecule has 0 spiro atoms. The molecule has 0 unspecified atom stereocenters. The molecule has 0 radical (unpaired) electrons. The van der Waals surface area contributed by atoms with Crippen molar-refractivity contribution >= 4 is 11.6 Å². The molecule has 0 aliphatic rings. The van der Waals surface area contributed by atoms with Crippen molar-refractivity contribution in [1.82, 2.24) is 0 Å². The highest BCUT2D eigenvalue weighted by molar-refractivity contribution is 6.03. The zero-order valence-corrected chi connectivity index (χ0v) is 10.4. The maximum absolute atomic E-state index is 11.8. The lowest BCUT2D eigenvalue weighted by atomic mass is 10.2. The van der Waals surface area contributed by atoms with Crippen molar-refractivity contribution < 1.29 is 13.9 Å². The fourth-order valence-electron chi connectivity index (χ4n) is 1.49. The molecule has 0 bridgehead atoms. The number of ether oxygens (including phenoxy) is 1. The third-order valence-corrected chi connectivity index (χ3v) is 2.39. The van der Waals surface area contributed by atoms with Crippen molar-refractivity contribution in [3.05, 3.63) is 58.6 Å². The normalized spacial score (nSPS) is 9.95. The van der Waals surface area contributed by atoms with E-state index in [1.54, 1.807) is 24.3 Å². The molecule has 1 N–H and O–H groups in total. The Bertz CT molecular complexity index is 596. The molecular formula is C14H13NO4. The summed E-state index contributed by atoms with van der Waals surface area (Å²) in [5.41, 5.74) is 0.436. The van der Waals surface area contributed by atoms with Crippen molar-refractivity contribution in [3.8, 4) is 5.75 Å². The van der Waals surface area contributed by atoms with Crippen LogP contribution in [-0.4, -0.2) is 12.5 Å². The monoisotopic (exact) mass is 259 g/mol. The Hall–Kier alpha value is -2.56. The average Bonchev–Trinajstić information content (AvgIpc) is 2.42. The molecule has 98 valence electrons. The van der Waals surface area contributed by atoms with Gasteiger partial charge in [-0.3, -0.25) is 4.79 Å². The van der Waals surface area contributed by atoms with Crippen LogP contribution in [0.1, 0.15) is 17.3 Å². The molecule has 5 nitrogen and oxygen atoms in total. The lowest BCUT2D eigenvalue weighted by Gasteiger charge is -2.06. The minimum Gasteiger partial charge on any atom is -0.494 e. The molecule has 5 heteroatoms. The first-order valence-electron chi connectivity index (χ1n) is 5.82. The molecule has 0 aliphatic carbocycles. The smallest absolute Gasteiger partial charge is 0.335 e. The molecule has 0 fully saturated rings. The van der Waals surface area contributed by atoms with Crippen molar-refractivity contribution in [2.75, 3.05) is 11.9 Å². The van der Waals surface area contributed by atoms with E-state index in [9.17, 15) is 9.59 Å². The van der Waals surface area contributed by atoms with Gasteiger partial charge in [0.25, 0.3) is 5.91 Å². The van der Waals surface area contributed by atoms with Crippen LogP contribution in [0.3, 0.4) is 0 Å². The van der Waals surface area contributed by atoms with Crippen LogP contribution < -0.4 is 15.7 Å². The van der Waals surface area contributed by atoms with Crippen LogP contribution in [0.4, 0.5) is 5.69 Å². The molecule has 2 rings (SSSR count). The lowest BCUT2D eigenvalue weighted by Crippen LogP contribution is -2.12. The summed E-state index contributed by atoms with van der Waals surface area (Å²) in [4.78, 5) is 22.6. The van der Waals surface area contributed by atoms with Gasteiger partial charge in [-0.2, -0.15) is 0 Å². The van der Waals surface area contributed by atoms with E-state index in [2.05, 4.69) is 9.73 Å². The van der Waals surface area contributed by atoms with Crippen molar-refractivity contribution in [1.29, 1.82) is 0 Å². The van der Waals surface area contributed by atoms with Gasteiger partial charge in [-0.05, 0) is 37.3 Å². The molecule has 0 aliphatic heterocycles. The van der Waals surface area contributed by atoms with E-state index in [1.807, 2.05) is 6.92 Å². The molecule has 1 amide bonds. The lowest BCUT2D eigenvalue weighted by molar-refractivity contribution is 0.102. The number of amides is 1. The molecule has 1 heterocycles. The number of hydrogen-bond acceptors (Lipinski definition) is 4. The molecule has 1 aromatic heterocycles. The van der Waals surface area contributed by atoms with Gasteiger partial charge in [0.15, 0.2) is 0 Å². The van der Waals surface area contributed by atoms with Gasteiger partial charge in [-0.25, -0.2) is 4.79 Å². The summed E-state index contributed by atoms with van der Waals surface area (Å²) in [6.07, 6.45) is 1.13. The summed E-state index contributed by atoms with van der Waals surface area (Å²) in [5, 5.41) is 2.69. The highest BCUT2D eigenvalue weighted by atomic mass is 16.5. The molecule has 1 aromatic carbocycles. The topological polar surface area (TPSA) is 68.5 Å². The van der Waals surface area contributed by atoms with Crippen LogP contribution in [-0.2, 0) is 0 Å². The highest BCUT2D eigenvalue weighted by Crippen LogP contribution is 2.16. The predicted octanol–water partition coefficient (Wildman–Crippen LogP) is 2.29. The summed E-state index contributed by atoms with van der Waals surface area (Å²) < 4.78 is 9.93. The third kappa shape index (κ3) is 3.45. The van der Waals surface area contributed by atoms with Crippen molar-refractivity contribution in [3.63, 3.8) is 0 Å². The van der Waals surface area contributed by atoms with Crippen molar-refractivity contribution in [2.45, 2.75) is 6.92 Å². The minimum absolute atomic E-state index is 0.286. The van der Waals surface area contributed by atoms with Crippen LogP contribution in [0.2, 0.25) is 0 Å². The van der Waals surface area contributed by atoms with Gasteiger partial charge in [0.2, 0.25) is 0 Å². The second kappa shape index (κ2) is 5.86. The zero-order valence-electron chi connectivity index (χ0n) is 10.4. The first kappa shape index (κ1) is 12.9. The fraction of sp³-hybridized carbons (Fsp3) is 0.143. The van der Waals surface area contributed by atoms with Gasteiger partial charge in [0.1, 0.15) is 12.0 Å². The summed E-state index contributed by atoms with van der Waals surface area (Å²) in [7, 11) is 0. The Morgan fingerprint density at radius 3 is 2.53 bits per heavy atom. The third-order valence-electron chi connectivity index (χ3n) is 2.39. The van der Waals surface area contributed by atoms with E-state index < -0.39 is 5.63 Å². The van der Waals surface area contributed by atoms with Crippen LogP contribution in [0, 0.1) is 0 Å². The number of nitrogens with one attached hydrogen (secondary N) is 1. The molecule has 2 aromatic rings. The summed E-state index contributed by atoms with van der Waals surface area (Å²) in [6, 6.07) is 9.63. The Labute approximate surface area is 109 Å². The van der Waals surface area contributed by atoms with Gasteiger partial charge in [0, 0.05) is 11.8 Å². The number of benzene rings is 1. The second-order valence-corrected chi connectivity index (χ2v) is 3.75. The first-order valence-corrected chi connectivity index (χ1v) is 5.82. The average molecular weight is 259 g/mol. The molecule has 19 heavy (non-hydrogen) atoms. The van der Waals surface area contributed by atoms with Crippen LogP contribution in [0.25, 0.3) is 0 Å². The van der Waals surface area contributed by atoms with Gasteiger partial charge in [-0.1, -0.05) is 0 Å². The Morgan fingerprint density at radius 1 is 1.21 bits per heavy atom. The number of carbonyl (C=O) groups is 1. The Morgan fingerprint density at radius 2 is 1.95 bits per heavy atom. The standard InChI is InChI=1S/C14H13NO4/c1-2-18-12-6-4-11(5-7-12)15-14(17)10-3-8-13(16)19-9-10/h3-9H,2H2,1H3,(H,15,17). The molecule has 0 saturated carbocycles. The minimum atomic E-state index is -0.488. The number of anilines is 1. The molecule has 0 atom stereocenters. The largest absolute Gasteiger partial charge is 0.494 e. The fourth-order valence-corrected chi connectivity index (χ4v) is 1.49. The van der Waals surface area contributed by atoms with E-state index in [-0.39, 0.29) is 11.5 Å². The molecular weight excluding hydrogens is 246 g/mol. The molecule has 0 saturated heterocycles. The number of hydrogen-bond donors (Lipinski definition) is 1. The van der Waals surface area contributed by atoms with Crippen LogP contribution in [0.15, 0.2) is 51.9 Å². The van der Waals surface area contributed by atoms with Crippen LogP contribution >= 0.6 is 0 Å². The summed E-state index contributed by atoms with van der Waals surface area (Å²) in [5.74, 6) is 0.402. The number of rotatable bonds is 4. The zero-order chi connectivity index (χ0) is 13.7. The van der Waals surface area contributed by atoms with E-state index in [0.29, 0.717) is 12.3 Å². The van der Waals surface area contributed by atoms with Gasteiger partial charge in [-0.15, -0.1) is 0 Å². The summed E-state index contributed by atoms with van der Waals surface area (Å²) >= 11 is 0. The maximum Gasteiger partial charge on any atom is 0.335 e. The number of carbonyl (C=O) groups excluding carboxylic acids is 1. The summed E-state index contributed by atoms with van der Waals surface area (Å²) in [6.45, 7) is 2.49. The Balaban J connectivity index is 2.06. The van der Waals surface area contributed by atoms with E-state index in [0.717, 1.165) is 12.0 Å². The first-order chi connectivity index (χ1) is 9.19. The van der Waals surface area contributed by atoms with E-state index in [1.165, 1.54) is 12.1 Å². The second-order valence-electron chi connectivity index (χ2n) is 3.75. The Kier molecular flexibility index (Phi) is 3.97.